The van der Waals surface area contributed by atoms with Crippen LogP contribution in [0, 0.1) is 0 Å². The van der Waals surface area contributed by atoms with Crippen molar-refractivity contribution in [2.24, 2.45) is 0 Å². The number of ether oxygens (including phenoxy) is 1. The lowest BCUT2D eigenvalue weighted by Crippen LogP contribution is -2.41. The van der Waals surface area contributed by atoms with Crippen molar-refractivity contribution in [1.29, 1.82) is 0 Å². The highest BCUT2D eigenvalue weighted by molar-refractivity contribution is 9.10. The molecule has 0 bridgehead atoms. The number of rotatable bonds is 9. The van der Waals surface area contributed by atoms with Gasteiger partial charge in [-0.3, -0.25) is 4.90 Å². The lowest BCUT2D eigenvalue weighted by atomic mass is 10.1. The summed E-state index contributed by atoms with van der Waals surface area (Å²) >= 11 is 3.62. The number of nitrogens with zero attached hydrogens (tertiary/aromatic N) is 5. The molecule has 8 nitrogen and oxygen atoms in total. The summed E-state index contributed by atoms with van der Waals surface area (Å²) in [4.78, 5) is 18.7. The van der Waals surface area contributed by atoms with E-state index in [1.807, 2.05) is 6.07 Å². The third kappa shape index (κ3) is 6.50. The van der Waals surface area contributed by atoms with Gasteiger partial charge >= 0.3 is 0 Å². The summed E-state index contributed by atoms with van der Waals surface area (Å²) in [5, 5.41) is 3.56. The van der Waals surface area contributed by atoms with Crippen molar-refractivity contribution in [3.8, 4) is 5.75 Å². The number of nitrogens with one attached hydrogen (secondary N) is 1. The number of anilines is 3. The first kappa shape index (κ1) is 25.0. The van der Waals surface area contributed by atoms with Gasteiger partial charge in [0.15, 0.2) is 0 Å². The molecular weight excluding hydrogens is 494 g/mol. The second-order valence-corrected chi connectivity index (χ2v) is 10.3. The summed E-state index contributed by atoms with van der Waals surface area (Å²) in [5.41, 5.74) is 7.35. The molecule has 3 N–H and O–H groups in total. The van der Waals surface area contributed by atoms with E-state index < -0.39 is 0 Å². The molecule has 1 atom stereocenters. The third-order valence-corrected chi connectivity index (χ3v) is 7.66. The maximum atomic E-state index is 6.19. The van der Waals surface area contributed by atoms with Crippen molar-refractivity contribution in [1.82, 2.24) is 19.9 Å². The van der Waals surface area contributed by atoms with Gasteiger partial charge in [0.25, 0.3) is 0 Å². The minimum atomic E-state index is 0.265. The Morgan fingerprint density at radius 2 is 1.91 bits per heavy atom. The quantitative estimate of drug-likeness (QED) is 0.443. The first-order valence-electron chi connectivity index (χ1n) is 12.6. The zero-order chi connectivity index (χ0) is 23.9. The van der Waals surface area contributed by atoms with Gasteiger partial charge in [-0.05, 0) is 72.4 Å². The number of methoxy groups -OCH3 is 1. The molecule has 1 aromatic heterocycles. The van der Waals surface area contributed by atoms with E-state index in [1.165, 1.54) is 38.5 Å². The van der Waals surface area contributed by atoms with Crippen LogP contribution in [-0.2, 0) is 6.54 Å². The van der Waals surface area contributed by atoms with E-state index in [1.54, 1.807) is 7.11 Å². The lowest BCUT2D eigenvalue weighted by Gasteiger charge is -2.31. The Balaban J connectivity index is 1.59. The van der Waals surface area contributed by atoms with Gasteiger partial charge in [0.2, 0.25) is 17.8 Å². The Morgan fingerprint density at radius 1 is 1.12 bits per heavy atom. The fourth-order valence-electron chi connectivity index (χ4n) is 5.21. The fourth-order valence-corrected chi connectivity index (χ4v) is 5.80. The molecule has 34 heavy (non-hydrogen) atoms. The van der Waals surface area contributed by atoms with Gasteiger partial charge in [0, 0.05) is 25.2 Å². The van der Waals surface area contributed by atoms with E-state index in [-0.39, 0.29) is 5.95 Å². The Kier molecular flexibility index (Phi) is 8.83. The first-order valence-corrected chi connectivity index (χ1v) is 13.4. The van der Waals surface area contributed by atoms with E-state index >= 15 is 0 Å². The van der Waals surface area contributed by atoms with Crippen molar-refractivity contribution in [2.45, 2.75) is 76.9 Å². The number of likely N-dealkylation sites (tertiary alicyclic amines) is 1. The van der Waals surface area contributed by atoms with Crippen LogP contribution in [0.1, 0.15) is 63.9 Å². The molecular formula is C25H38BrN7O. The first-order chi connectivity index (χ1) is 16.6. The van der Waals surface area contributed by atoms with Crippen LogP contribution in [-0.4, -0.2) is 58.7 Å². The highest BCUT2D eigenvalue weighted by Crippen LogP contribution is 2.28. The molecule has 2 aliphatic rings. The van der Waals surface area contributed by atoms with Gasteiger partial charge in [-0.1, -0.05) is 38.7 Å². The number of hydrogen-bond acceptors (Lipinski definition) is 8. The molecule has 1 aliphatic heterocycles. The highest BCUT2D eigenvalue weighted by atomic mass is 79.9. The summed E-state index contributed by atoms with van der Waals surface area (Å²) in [6, 6.07) is 7.06. The maximum absolute atomic E-state index is 6.19. The van der Waals surface area contributed by atoms with Crippen molar-refractivity contribution < 1.29 is 4.74 Å². The predicted octanol–water partition coefficient (Wildman–Crippen LogP) is 4.85. The standard InChI is InChI=1S/C25H38BrN7O/c1-3-32-14-8-11-20(32)17-33(16-18-12-13-22(34-2)21(26)15-18)25-30-23(27)29-24(31-25)28-19-9-6-4-5-7-10-19/h12-13,15,19-20H,3-11,14,16-17H2,1-2H3,(H3,27,28,29,30,31). The monoisotopic (exact) mass is 531 g/mol. The molecule has 0 radical (unpaired) electrons. The second-order valence-electron chi connectivity index (χ2n) is 9.42. The average molecular weight is 533 g/mol. The molecule has 2 heterocycles. The number of halogens is 1. The molecule has 2 aromatic rings. The van der Waals surface area contributed by atoms with Crippen LogP contribution in [0.3, 0.4) is 0 Å². The van der Waals surface area contributed by atoms with Gasteiger partial charge in [-0.2, -0.15) is 15.0 Å². The lowest BCUT2D eigenvalue weighted by molar-refractivity contribution is 0.268. The predicted molar refractivity (Wildman–Crippen MR) is 141 cm³/mol. The van der Waals surface area contributed by atoms with Crippen molar-refractivity contribution >= 4 is 33.8 Å². The Hall–Kier alpha value is -2.13. The average Bonchev–Trinajstić information content (AvgIpc) is 3.12. The Labute approximate surface area is 211 Å². The number of nitrogens with two attached hydrogens (primary N) is 1. The maximum Gasteiger partial charge on any atom is 0.232 e. The van der Waals surface area contributed by atoms with Gasteiger partial charge in [-0.25, -0.2) is 0 Å². The topological polar surface area (TPSA) is 92.4 Å². The number of hydrogen-bond donors (Lipinski definition) is 2. The molecule has 9 heteroatoms. The molecule has 186 valence electrons. The smallest absolute Gasteiger partial charge is 0.232 e. The van der Waals surface area contributed by atoms with Crippen LogP contribution in [0.4, 0.5) is 17.8 Å². The van der Waals surface area contributed by atoms with Crippen LogP contribution in [0.5, 0.6) is 5.75 Å². The molecule has 0 amide bonds. The highest BCUT2D eigenvalue weighted by Gasteiger charge is 2.27. The molecule has 1 aromatic carbocycles. The van der Waals surface area contributed by atoms with Crippen LogP contribution < -0.4 is 20.7 Å². The van der Waals surface area contributed by atoms with Crippen molar-refractivity contribution in [3.63, 3.8) is 0 Å². The molecule has 0 spiro atoms. The normalized spacial score (nSPS) is 19.7. The van der Waals surface area contributed by atoms with E-state index in [4.69, 9.17) is 15.5 Å². The number of benzene rings is 1. The summed E-state index contributed by atoms with van der Waals surface area (Å²) < 4.78 is 6.35. The Bertz CT molecular complexity index is 935. The number of nitrogen functional groups attached to an aromatic ring is 1. The molecule has 1 unspecified atom stereocenters. The van der Waals surface area contributed by atoms with Crippen molar-refractivity contribution in [3.05, 3.63) is 28.2 Å². The van der Waals surface area contributed by atoms with E-state index in [0.717, 1.165) is 48.3 Å². The third-order valence-electron chi connectivity index (χ3n) is 7.04. The SMILES string of the molecule is CCN1CCCC1CN(Cc1ccc(OC)c(Br)c1)c1nc(N)nc(NC2CCCCCC2)n1. The zero-order valence-corrected chi connectivity index (χ0v) is 22.1. The minimum absolute atomic E-state index is 0.265. The van der Waals surface area contributed by atoms with Crippen LogP contribution in [0.25, 0.3) is 0 Å². The summed E-state index contributed by atoms with van der Waals surface area (Å²) in [5.74, 6) is 2.32. The fraction of sp³-hybridized carbons (Fsp3) is 0.640. The molecule has 1 saturated heterocycles. The van der Waals surface area contributed by atoms with E-state index in [2.05, 4.69) is 60.1 Å². The molecule has 1 aliphatic carbocycles. The minimum Gasteiger partial charge on any atom is -0.496 e. The van der Waals surface area contributed by atoms with Gasteiger partial charge < -0.3 is 20.7 Å². The zero-order valence-electron chi connectivity index (χ0n) is 20.5. The number of likely N-dealkylation sites (N-methyl/N-ethyl adjacent to an activating group) is 1. The molecule has 4 rings (SSSR count). The summed E-state index contributed by atoms with van der Waals surface area (Å²) in [6.45, 7) is 5.98. The van der Waals surface area contributed by atoms with Crippen molar-refractivity contribution in [2.75, 3.05) is 42.7 Å². The van der Waals surface area contributed by atoms with E-state index in [9.17, 15) is 0 Å². The second kappa shape index (κ2) is 12.0. The van der Waals surface area contributed by atoms with Gasteiger partial charge in [-0.15, -0.1) is 0 Å². The molecule has 2 fully saturated rings. The number of aromatic nitrogens is 3. The van der Waals surface area contributed by atoms with Crippen LogP contribution in [0.2, 0.25) is 0 Å². The van der Waals surface area contributed by atoms with Gasteiger partial charge in [0.05, 0.1) is 11.6 Å². The molecule has 1 saturated carbocycles. The summed E-state index contributed by atoms with van der Waals surface area (Å²) in [6.07, 6.45) is 9.83. The van der Waals surface area contributed by atoms with Crippen LogP contribution >= 0.6 is 15.9 Å². The van der Waals surface area contributed by atoms with E-state index in [0.29, 0.717) is 30.5 Å². The van der Waals surface area contributed by atoms with Gasteiger partial charge in [0.1, 0.15) is 5.75 Å². The van der Waals surface area contributed by atoms with Crippen LogP contribution in [0.15, 0.2) is 22.7 Å². The summed E-state index contributed by atoms with van der Waals surface area (Å²) in [7, 11) is 1.68. The largest absolute Gasteiger partial charge is 0.496 e. The Morgan fingerprint density at radius 3 is 2.62 bits per heavy atom.